The van der Waals surface area contributed by atoms with Crippen LogP contribution in [0.4, 0.5) is 14.5 Å². The number of halogens is 2. The summed E-state index contributed by atoms with van der Waals surface area (Å²) >= 11 is 0. The Bertz CT molecular complexity index is 594. The van der Waals surface area contributed by atoms with Crippen LogP contribution in [-0.2, 0) is 16.3 Å². The average molecular weight is 304 g/mol. The van der Waals surface area contributed by atoms with Crippen LogP contribution < -0.4 is 4.90 Å². The monoisotopic (exact) mass is 304 g/mol. The first-order valence-corrected chi connectivity index (χ1v) is 8.44. The number of hydrogen-bond acceptors (Lipinski definition) is 4. The van der Waals surface area contributed by atoms with E-state index in [0.717, 1.165) is 19.1 Å². The first-order valence-electron chi connectivity index (χ1n) is 6.55. The normalized spacial score (nSPS) is 17.9. The van der Waals surface area contributed by atoms with Crippen LogP contribution in [-0.4, -0.2) is 38.7 Å². The molecule has 0 N–H and O–H groups in total. The highest BCUT2D eigenvalue weighted by Crippen LogP contribution is 2.34. The van der Waals surface area contributed by atoms with Gasteiger partial charge in [0.05, 0.1) is 29.4 Å². The smallest absolute Gasteiger partial charge is 0.282 e. The summed E-state index contributed by atoms with van der Waals surface area (Å²) in [5, 5.41) is 0. The van der Waals surface area contributed by atoms with E-state index < -0.39 is 15.8 Å². The lowest BCUT2D eigenvalue weighted by molar-refractivity contribution is -0.0263. The maximum absolute atomic E-state index is 13.0. The van der Waals surface area contributed by atoms with Crippen molar-refractivity contribution in [2.75, 3.05) is 24.2 Å². The minimum absolute atomic E-state index is 0.0722. The minimum atomic E-state index is -3.39. The molecule has 0 spiro atoms. The molecule has 0 radical (unpaired) electrons. The van der Waals surface area contributed by atoms with Crippen molar-refractivity contribution in [3.8, 4) is 0 Å². The summed E-state index contributed by atoms with van der Waals surface area (Å²) in [6.07, 6.45) is 4.91. The molecule has 4 nitrogen and oxygen atoms in total. The van der Waals surface area contributed by atoms with Crippen LogP contribution in [0.3, 0.4) is 0 Å². The minimum Gasteiger partial charge on any atom is -0.358 e. The SMILES string of the molecule is CCCCc1ncc(S(C)(=O)=O)cc1N1CC(F)(F)C1. The van der Waals surface area contributed by atoms with Gasteiger partial charge in [-0.15, -0.1) is 0 Å². The quantitative estimate of drug-likeness (QED) is 0.837. The van der Waals surface area contributed by atoms with Gasteiger partial charge < -0.3 is 4.90 Å². The summed E-state index contributed by atoms with van der Waals surface area (Å²) in [6, 6.07) is 1.46. The molecule has 1 aromatic rings. The van der Waals surface area contributed by atoms with Gasteiger partial charge in [-0.25, -0.2) is 17.2 Å². The summed E-state index contributed by atoms with van der Waals surface area (Å²) in [5.74, 6) is -2.69. The molecule has 0 aromatic carbocycles. The number of aryl methyl sites for hydroxylation is 1. The van der Waals surface area contributed by atoms with Crippen LogP contribution in [0.15, 0.2) is 17.2 Å². The van der Waals surface area contributed by atoms with E-state index in [4.69, 9.17) is 0 Å². The van der Waals surface area contributed by atoms with Crippen molar-refractivity contribution in [3.05, 3.63) is 18.0 Å². The Morgan fingerprint density at radius 3 is 2.55 bits per heavy atom. The predicted molar refractivity (Wildman–Crippen MR) is 73.1 cm³/mol. The summed E-state index contributed by atoms with van der Waals surface area (Å²) in [7, 11) is -3.39. The van der Waals surface area contributed by atoms with Crippen molar-refractivity contribution >= 4 is 15.5 Å². The third-order valence-corrected chi connectivity index (χ3v) is 4.38. The number of aromatic nitrogens is 1. The van der Waals surface area contributed by atoms with E-state index in [2.05, 4.69) is 4.98 Å². The molecule has 1 saturated heterocycles. The highest BCUT2D eigenvalue weighted by atomic mass is 32.2. The highest BCUT2D eigenvalue weighted by Gasteiger charge is 2.44. The molecule has 1 aliphatic rings. The summed E-state index contributed by atoms with van der Waals surface area (Å²) < 4.78 is 49.1. The predicted octanol–water partition coefficient (Wildman–Crippen LogP) is 2.28. The molecule has 2 heterocycles. The molecule has 0 aliphatic carbocycles. The molecule has 0 unspecified atom stereocenters. The standard InChI is InChI=1S/C13H18F2N2O2S/c1-3-4-5-11-12(17-8-13(14,15)9-17)6-10(7-16-11)20(2,18)19/h6-7H,3-5,8-9H2,1-2H3. The number of nitrogens with zero attached hydrogens (tertiary/aromatic N) is 2. The molecule has 1 fully saturated rings. The zero-order valence-electron chi connectivity index (χ0n) is 11.6. The molecule has 1 aliphatic heterocycles. The molecule has 0 saturated carbocycles. The van der Waals surface area contributed by atoms with E-state index in [-0.39, 0.29) is 18.0 Å². The topological polar surface area (TPSA) is 50.3 Å². The van der Waals surface area contributed by atoms with Gasteiger partial charge in [0.15, 0.2) is 9.84 Å². The molecular formula is C13H18F2N2O2S. The van der Waals surface area contributed by atoms with Gasteiger partial charge in [0.1, 0.15) is 0 Å². The fourth-order valence-electron chi connectivity index (χ4n) is 2.16. The molecule has 1 aromatic heterocycles. The van der Waals surface area contributed by atoms with E-state index >= 15 is 0 Å². The summed E-state index contributed by atoms with van der Waals surface area (Å²) in [5.41, 5.74) is 1.21. The third kappa shape index (κ3) is 3.26. The first kappa shape index (κ1) is 15.2. The lowest BCUT2D eigenvalue weighted by Gasteiger charge is -2.41. The molecule has 2 rings (SSSR count). The third-order valence-electron chi connectivity index (χ3n) is 3.30. The van der Waals surface area contributed by atoms with Crippen LogP contribution in [0, 0.1) is 0 Å². The second-order valence-electron chi connectivity index (χ2n) is 5.22. The van der Waals surface area contributed by atoms with E-state index in [9.17, 15) is 17.2 Å². The Balaban J connectivity index is 2.33. The van der Waals surface area contributed by atoms with Crippen molar-refractivity contribution in [3.63, 3.8) is 0 Å². The average Bonchev–Trinajstić information content (AvgIpc) is 2.32. The van der Waals surface area contributed by atoms with Crippen molar-refractivity contribution in [1.82, 2.24) is 4.98 Å². The van der Waals surface area contributed by atoms with E-state index in [1.807, 2.05) is 6.92 Å². The maximum atomic E-state index is 13.0. The van der Waals surface area contributed by atoms with Crippen molar-refractivity contribution in [1.29, 1.82) is 0 Å². The van der Waals surface area contributed by atoms with Gasteiger partial charge in [0, 0.05) is 12.5 Å². The molecule has 0 bridgehead atoms. The van der Waals surface area contributed by atoms with Crippen molar-refractivity contribution in [2.24, 2.45) is 0 Å². The van der Waals surface area contributed by atoms with Crippen LogP contribution in [0.2, 0.25) is 0 Å². The van der Waals surface area contributed by atoms with E-state index in [0.29, 0.717) is 17.8 Å². The fraction of sp³-hybridized carbons (Fsp3) is 0.615. The van der Waals surface area contributed by atoms with Crippen LogP contribution in [0.1, 0.15) is 25.5 Å². The van der Waals surface area contributed by atoms with E-state index in [1.165, 1.54) is 17.2 Å². The van der Waals surface area contributed by atoms with Gasteiger partial charge in [-0.05, 0) is 18.9 Å². The Morgan fingerprint density at radius 1 is 1.40 bits per heavy atom. The summed E-state index contributed by atoms with van der Waals surface area (Å²) in [6.45, 7) is 1.28. The molecule has 20 heavy (non-hydrogen) atoms. The number of sulfone groups is 1. The first-order chi connectivity index (χ1) is 9.23. The van der Waals surface area contributed by atoms with Crippen molar-refractivity contribution in [2.45, 2.75) is 37.0 Å². The lowest BCUT2D eigenvalue weighted by Crippen LogP contribution is -2.56. The van der Waals surface area contributed by atoms with Gasteiger partial charge in [-0.3, -0.25) is 4.98 Å². The zero-order chi connectivity index (χ0) is 15.0. The second-order valence-corrected chi connectivity index (χ2v) is 7.24. The lowest BCUT2D eigenvalue weighted by atomic mass is 10.1. The van der Waals surface area contributed by atoms with Gasteiger partial charge >= 0.3 is 0 Å². The molecule has 7 heteroatoms. The number of unbranched alkanes of at least 4 members (excludes halogenated alkanes) is 1. The molecule has 112 valence electrons. The zero-order valence-corrected chi connectivity index (χ0v) is 12.4. The molecule has 0 atom stereocenters. The number of pyridine rings is 1. The fourth-order valence-corrected chi connectivity index (χ4v) is 2.73. The second kappa shape index (κ2) is 5.27. The van der Waals surface area contributed by atoms with Gasteiger partial charge in [0.2, 0.25) is 0 Å². The Kier molecular flexibility index (Phi) is 4.00. The Hall–Kier alpha value is -1.24. The number of anilines is 1. The largest absolute Gasteiger partial charge is 0.358 e. The Labute approximate surface area is 117 Å². The van der Waals surface area contributed by atoms with Crippen LogP contribution >= 0.6 is 0 Å². The molecular weight excluding hydrogens is 286 g/mol. The number of rotatable bonds is 5. The number of alkyl halides is 2. The van der Waals surface area contributed by atoms with Gasteiger partial charge in [0.25, 0.3) is 5.92 Å². The van der Waals surface area contributed by atoms with Gasteiger partial charge in [-0.1, -0.05) is 13.3 Å². The highest BCUT2D eigenvalue weighted by molar-refractivity contribution is 7.90. The molecule has 0 amide bonds. The van der Waals surface area contributed by atoms with Crippen molar-refractivity contribution < 1.29 is 17.2 Å². The van der Waals surface area contributed by atoms with E-state index in [1.54, 1.807) is 0 Å². The summed E-state index contributed by atoms with van der Waals surface area (Å²) in [4.78, 5) is 5.73. The Morgan fingerprint density at radius 2 is 2.05 bits per heavy atom. The van der Waals surface area contributed by atoms with Gasteiger partial charge in [-0.2, -0.15) is 0 Å². The maximum Gasteiger partial charge on any atom is 0.282 e. The van der Waals surface area contributed by atoms with Crippen LogP contribution in [0.25, 0.3) is 0 Å². The number of hydrogen-bond donors (Lipinski definition) is 0. The van der Waals surface area contributed by atoms with Crippen LogP contribution in [0.5, 0.6) is 0 Å².